The number of fused-ring (bicyclic) bond motifs is 3. The van der Waals surface area contributed by atoms with Crippen LogP contribution in [0.25, 0.3) is 10.2 Å². The predicted octanol–water partition coefficient (Wildman–Crippen LogP) is 2.83. The molecule has 1 aliphatic rings. The predicted molar refractivity (Wildman–Crippen MR) is 88.6 cm³/mol. The summed E-state index contributed by atoms with van der Waals surface area (Å²) in [5.41, 5.74) is 1.24. The zero-order valence-electron chi connectivity index (χ0n) is 12.4. The fraction of sp³-hybridized carbons (Fsp3) is 0.600. The van der Waals surface area contributed by atoms with Gasteiger partial charge in [-0.15, -0.1) is 11.3 Å². The molecular weight excluding hydrogens is 304 g/mol. The summed E-state index contributed by atoms with van der Waals surface area (Å²) >= 11 is 3.25. The van der Waals surface area contributed by atoms with E-state index >= 15 is 0 Å². The Balaban J connectivity index is 2.24. The number of rotatable bonds is 4. The summed E-state index contributed by atoms with van der Waals surface area (Å²) in [6.07, 6.45) is 3.87. The summed E-state index contributed by atoms with van der Waals surface area (Å²) in [5.74, 6) is 0.864. The lowest BCUT2D eigenvalue weighted by atomic mass is 9.97. The Hall–Kier alpha value is -0.850. The summed E-state index contributed by atoms with van der Waals surface area (Å²) in [7, 11) is 0. The van der Waals surface area contributed by atoms with Gasteiger partial charge in [-0.1, -0.05) is 18.7 Å². The van der Waals surface area contributed by atoms with Gasteiger partial charge in [0.1, 0.15) is 4.83 Å². The van der Waals surface area contributed by atoms with E-state index in [-0.39, 0.29) is 5.56 Å². The number of thiophene rings is 1. The van der Waals surface area contributed by atoms with E-state index in [1.54, 1.807) is 34.6 Å². The van der Waals surface area contributed by atoms with Crippen molar-refractivity contribution >= 4 is 33.3 Å². The van der Waals surface area contributed by atoms with Crippen molar-refractivity contribution in [3.8, 4) is 0 Å². The third-order valence-corrected chi connectivity index (χ3v) is 5.80. The van der Waals surface area contributed by atoms with Gasteiger partial charge in [0.05, 0.1) is 18.0 Å². The van der Waals surface area contributed by atoms with Crippen LogP contribution < -0.4 is 5.56 Å². The van der Waals surface area contributed by atoms with Gasteiger partial charge in [-0.2, -0.15) is 0 Å². The molecule has 114 valence electrons. The van der Waals surface area contributed by atoms with Crippen LogP contribution in [0.5, 0.6) is 0 Å². The Labute approximate surface area is 132 Å². The number of nitrogens with zero attached hydrogens (tertiary/aromatic N) is 2. The molecule has 0 saturated heterocycles. The van der Waals surface area contributed by atoms with Crippen LogP contribution in [-0.2, 0) is 19.4 Å². The standard InChI is InChI=1S/C15H20N2O2S2/c1-3-20-15-16-13-12(14(19)17(15)8-9(2)18)10-6-4-5-7-11(10)21-13/h9,18H,3-8H2,1-2H3. The van der Waals surface area contributed by atoms with Crippen LogP contribution in [-0.4, -0.2) is 26.5 Å². The molecule has 6 heteroatoms. The van der Waals surface area contributed by atoms with E-state index in [2.05, 4.69) is 0 Å². The summed E-state index contributed by atoms with van der Waals surface area (Å²) in [5, 5.41) is 11.2. The molecule has 0 amide bonds. The summed E-state index contributed by atoms with van der Waals surface area (Å²) in [6, 6.07) is 0. The largest absolute Gasteiger partial charge is 0.392 e. The van der Waals surface area contributed by atoms with E-state index in [0.717, 1.165) is 40.4 Å². The van der Waals surface area contributed by atoms with Crippen LogP contribution in [0.3, 0.4) is 0 Å². The van der Waals surface area contributed by atoms with Gasteiger partial charge in [-0.25, -0.2) is 4.98 Å². The SMILES string of the molecule is CCSc1nc2sc3c(c2c(=O)n1CC(C)O)CCCC3. The lowest BCUT2D eigenvalue weighted by molar-refractivity contribution is 0.168. The van der Waals surface area contributed by atoms with Gasteiger partial charge in [0, 0.05) is 4.88 Å². The third-order valence-electron chi connectivity index (χ3n) is 3.76. The smallest absolute Gasteiger partial charge is 0.263 e. The molecule has 1 aliphatic carbocycles. The van der Waals surface area contributed by atoms with Crippen LogP contribution in [0, 0.1) is 0 Å². The molecule has 21 heavy (non-hydrogen) atoms. The van der Waals surface area contributed by atoms with E-state index in [9.17, 15) is 9.90 Å². The molecule has 0 bridgehead atoms. The first kappa shape index (κ1) is 15.1. The average Bonchev–Trinajstić information content (AvgIpc) is 2.81. The fourth-order valence-electron chi connectivity index (χ4n) is 2.88. The van der Waals surface area contributed by atoms with E-state index in [0.29, 0.717) is 6.54 Å². The number of aliphatic hydroxyl groups is 1. The summed E-state index contributed by atoms with van der Waals surface area (Å²) < 4.78 is 1.66. The van der Waals surface area contributed by atoms with Gasteiger partial charge in [0.2, 0.25) is 0 Å². The quantitative estimate of drug-likeness (QED) is 0.694. The van der Waals surface area contributed by atoms with Crippen molar-refractivity contribution in [3.05, 3.63) is 20.8 Å². The first-order valence-electron chi connectivity index (χ1n) is 7.47. The average molecular weight is 324 g/mol. The molecule has 1 N–H and O–H groups in total. The van der Waals surface area contributed by atoms with E-state index < -0.39 is 6.10 Å². The second-order valence-corrected chi connectivity index (χ2v) is 7.80. The molecule has 2 heterocycles. The second-order valence-electron chi connectivity index (χ2n) is 5.48. The highest BCUT2D eigenvalue weighted by atomic mass is 32.2. The minimum Gasteiger partial charge on any atom is -0.392 e. The molecule has 1 atom stereocenters. The minimum absolute atomic E-state index is 0.0243. The molecule has 2 aromatic rings. The Morgan fingerprint density at radius 2 is 2.19 bits per heavy atom. The van der Waals surface area contributed by atoms with Crippen molar-refractivity contribution in [1.29, 1.82) is 0 Å². The van der Waals surface area contributed by atoms with Crippen molar-refractivity contribution < 1.29 is 5.11 Å². The summed E-state index contributed by atoms with van der Waals surface area (Å²) in [4.78, 5) is 19.8. The normalized spacial score (nSPS) is 16.1. The number of aromatic nitrogens is 2. The van der Waals surface area contributed by atoms with Crippen LogP contribution in [0.4, 0.5) is 0 Å². The molecule has 0 aromatic carbocycles. The van der Waals surface area contributed by atoms with Gasteiger partial charge in [0.15, 0.2) is 5.16 Å². The topological polar surface area (TPSA) is 55.1 Å². The maximum absolute atomic E-state index is 12.9. The number of aliphatic hydroxyl groups excluding tert-OH is 1. The second kappa shape index (κ2) is 6.10. The molecule has 0 aliphatic heterocycles. The highest BCUT2D eigenvalue weighted by Crippen LogP contribution is 2.34. The Kier molecular flexibility index (Phi) is 4.38. The van der Waals surface area contributed by atoms with Crippen molar-refractivity contribution in [2.75, 3.05) is 5.75 Å². The van der Waals surface area contributed by atoms with Crippen molar-refractivity contribution in [2.45, 2.75) is 57.3 Å². The van der Waals surface area contributed by atoms with E-state index in [1.165, 1.54) is 16.9 Å². The Morgan fingerprint density at radius 1 is 1.43 bits per heavy atom. The van der Waals surface area contributed by atoms with Crippen molar-refractivity contribution in [1.82, 2.24) is 9.55 Å². The zero-order valence-corrected chi connectivity index (χ0v) is 14.0. The van der Waals surface area contributed by atoms with Crippen molar-refractivity contribution in [3.63, 3.8) is 0 Å². The van der Waals surface area contributed by atoms with E-state index in [4.69, 9.17) is 4.98 Å². The number of hydrogen-bond acceptors (Lipinski definition) is 5. The highest BCUT2D eigenvalue weighted by molar-refractivity contribution is 7.99. The molecule has 0 saturated carbocycles. The maximum atomic E-state index is 12.9. The highest BCUT2D eigenvalue weighted by Gasteiger charge is 2.22. The van der Waals surface area contributed by atoms with Crippen LogP contribution in [0.15, 0.2) is 9.95 Å². The number of thioether (sulfide) groups is 1. The van der Waals surface area contributed by atoms with Gasteiger partial charge in [-0.05, 0) is 43.9 Å². The Morgan fingerprint density at radius 3 is 2.90 bits per heavy atom. The van der Waals surface area contributed by atoms with Gasteiger partial charge >= 0.3 is 0 Å². The zero-order chi connectivity index (χ0) is 15.0. The van der Waals surface area contributed by atoms with E-state index in [1.807, 2.05) is 6.92 Å². The molecule has 3 rings (SSSR count). The van der Waals surface area contributed by atoms with Gasteiger partial charge < -0.3 is 5.11 Å². The van der Waals surface area contributed by atoms with Crippen LogP contribution in [0.1, 0.15) is 37.1 Å². The Bertz CT molecular complexity index is 719. The summed E-state index contributed by atoms with van der Waals surface area (Å²) in [6.45, 7) is 4.07. The number of hydrogen-bond donors (Lipinski definition) is 1. The van der Waals surface area contributed by atoms with Gasteiger partial charge in [-0.3, -0.25) is 9.36 Å². The van der Waals surface area contributed by atoms with Crippen molar-refractivity contribution in [2.24, 2.45) is 0 Å². The van der Waals surface area contributed by atoms with Crippen LogP contribution >= 0.6 is 23.1 Å². The molecule has 2 aromatic heterocycles. The van der Waals surface area contributed by atoms with Gasteiger partial charge in [0.25, 0.3) is 5.56 Å². The molecule has 0 spiro atoms. The minimum atomic E-state index is -0.549. The number of aryl methyl sites for hydroxylation is 2. The molecule has 0 radical (unpaired) electrons. The van der Waals surface area contributed by atoms with Crippen LogP contribution in [0.2, 0.25) is 0 Å². The third kappa shape index (κ3) is 2.76. The molecule has 0 fully saturated rings. The lowest BCUT2D eigenvalue weighted by Gasteiger charge is -2.14. The first-order chi connectivity index (χ1) is 10.1. The molecule has 4 nitrogen and oxygen atoms in total. The first-order valence-corrected chi connectivity index (χ1v) is 9.28. The lowest BCUT2D eigenvalue weighted by Crippen LogP contribution is -2.28. The maximum Gasteiger partial charge on any atom is 0.263 e. The fourth-order valence-corrected chi connectivity index (χ4v) is 4.92. The molecule has 1 unspecified atom stereocenters. The molecular formula is C15H20N2O2S2. The monoisotopic (exact) mass is 324 g/mol.